The van der Waals surface area contributed by atoms with Gasteiger partial charge in [-0.05, 0) is 30.9 Å². The number of nitrogens with one attached hydrogen (secondary N) is 2. The zero-order valence-electron chi connectivity index (χ0n) is 11.9. The zero-order chi connectivity index (χ0) is 14.8. The van der Waals surface area contributed by atoms with E-state index in [1.165, 1.54) is 11.1 Å². The average molecular weight is 299 g/mol. The van der Waals surface area contributed by atoms with E-state index in [0.29, 0.717) is 5.95 Å². The molecule has 0 aliphatic carbocycles. The third-order valence-corrected chi connectivity index (χ3v) is 4.19. The fraction of sp³-hybridized carbons (Fsp3) is 0.200. The van der Waals surface area contributed by atoms with Gasteiger partial charge in [-0.3, -0.25) is 5.43 Å². The first-order valence-electron chi connectivity index (χ1n) is 6.72. The highest BCUT2D eigenvalue weighted by molar-refractivity contribution is 7.16. The fourth-order valence-electron chi connectivity index (χ4n) is 2.17. The van der Waals surface area contributed by atoms with E-state index in [1.807, 2.05) is 11.4 Å². The smallest absolute Gasteiger partial charge is 0.240 e. The van der Waals surface area contributed by atoms with Gasteiger partial charge in [0.05, 0.1) is 5.39 Å². The maximum atomic E-state index is 5.44. The number of nitrogens with zero attached hydrogens (tertiary/aromatic N) is 2. The van der Waals surface area contributed by atoms with Crippen LogP contribution in [0.25, 0.3) is 10.2 Å². The van der Waals surface area contributed by atoms with Crippen molar-refractivity contribution in [2.75, 3.05) is 10.7 Å². The summed E-state index contributed by atoms with van der Waals surface area (Å²) >= 11 is 1.57. The van der Waals surface area contributed by atoms with Gasteiger partial charge in [-0.15, -0.1) is 11.3 Å². The van der Waals surface area contributed by atoms with Gasteiger partial charge in [0.2, 0.25) is 5.95 Å². The number of thiophene rings is 1. The number of benzene rings is 1. The van der Waals surface area contributed by atoms with Crippen molar-refractivity contribution in [1.82, 2.24) is 9.97 Å². The summed E-state index contributed by atoms with van der Waals surface area (Å²) in [6.07, 6.45) is 0. The zero-order valence-corrected chi connectivity index (χ0v) is 12.7. The molecule has 0 saturated carbocycles. The van der Waals surface area contributed by atoms with E-state index in [0.717, 1.165) is 16.0 Å². The lowest BCUT2D eigenvalue weighted by Gasteiger charge is -2.16. The predicted molar refractivity (Wildman–Crippen MR) is 88.4 cm³/mol. The first-order chi connectivity index (χ1) is 10.2. The molecule has 0 bridgehead atoms. The molecule has 0 aliphatic heterocycles. The van der Waals surface area contributed by atoms with Crippen molar-refractivity contribution in [3.05, 3.63) is 46.8 Å². The second-order valence-electron chi connectivity index (χ2n) is 4.96. The molecule has 3 rings (SSSR count). The normalized spacial score (nSPS) is 12.3. The van der Waals surface area contributed by atoms with Crippen LogP contribution < -0.4 is 16.6 Å². The van der Waals surface area contributed by atoms with Crippen LogP contribution in [0.1, 0.15) is 24.1 Å². The number of rotatable bonds is 4. The molecule has 0 radical (unpaired) electrons. The second-order valence-corrected chi connectivity index (χ2v) is 5.85. The van der Waals surface area contributed by atoms with Crippen LogP contribution in [0, 0.1) is 6.92 Å². The molecule has 0 amide bonds. The molecule has 0 aliphatic rings. The SMILES string of the molecule is Cc1ccc(C(C)Nc2nc(NN)nc3sccc23)cc1. The number of nitrogens with two attached hydrogens (primary N) is 1. The highest BCUT2D eigenvalue weighted by atomic mass is 32.1. The van der Waals surface area contributed by atoms with Crippen LogP contribution in [0.4, 0.5) is 11.8 Å². The van der Waals surface area contributed by atoms with E-state index in [1.54, 1.807) is 11.3 Å². The largest absolute Gasteiger partial charge is 0.363 e. The van der Waals surface area contributed by atoms with Crippen molar-refractivity contribution >= 4 is 33.3 Å². The minimum atomic E-state index is 0.147. The number of hydrogen-bond donors (Lipinski definition) is 3. The number of hydrogen-bond acceptors (Lipinski definition) is 6. The molecule has 108 valence electrons. The van der Waals surface area contributed by atoms with Crippen LogP contribution in [0.15, 0.2) is 35.7 Å². The standard InChI is InChI=1S/C15H17N5S/c1-9-3-5-11(6-4-9)10(2)17-13-12-7-8-21-14(12)19-15(18-13)20-16/h3-8,10H,16H2,1-2H3,(H2,17,18,19,20). The maximum Gasteiger partial charge on any atom is 0.240 e. The summed E-state index contributed by atoms with van der Waals surface area (Å²) in [7, 11) is 0. The van der Waals surface area contributed by atoms with Gasteiger partial charge in [0, 0.05) is 6.04 Å². The molecule has 1 atom stereocenters. The summed E-state index contributed by atoms with van der Waals surface area (Å²) in [5.74, 6) is 6.65. The van der Waals surface area contributed by atoms with Gasteiger partial charge in [-0.1, -0.05) is 29.8 Å². The van der Waals surface area contributed by atoms with Gasteiger partial charge < -0.3 is 5.32 Å². The van der Waals surface area contributed by atoms with Gasteiger partial charge >= 0.3 is 0 Å². The van der Waals surface area contributed by atoms with Crippen molar-refractivity contribution in [2.45, 2.75) is 19.9 Å². The van der Waals surface area contributed by atoms with Crippen molar-refractivity contribution in [3.8, 4) is 0 Å². The number of aromatic nitrogens is 2. The Labute approximate surface area is 127 Å². The third kappa shape index (κ3) is 2.81. The lowest BCUT2D eigenvalue weighted by molar-refractivity contribution is 0.875. The Morgan fingerprint density at radius 2 is 1.90 bits per heavy atom. The molecule has 6 heteroatoms. The predicted octanol–water partition coefficient (Wildman–Crippen LogP) is 3.46. The van der Waals surface area contributed by atoms with Crippen molar-refractivity contribution < 1.29 is 0 Å². The Hall–Kier alpha value is -2.18. The summed E-state index contributed by atoms with van der Waals surface area (Å²) in [5, 5.41) is 6.45. The summed E-state index contributed by atoms with van der Waals surface area (Å²) in [6.45, 7) is 4.20. The number of fused-ring (bicyclic) bond motifs is 1. The summed E-state index contributed by atoms with van der Waals surface area (Å²) in [4.78, 5) is 9.67. The molecular weight excluding hydrogens is 282 g/mol. The number of aryl methyl sites for hydroxylation is 1. The lowest BCUT2D eigenvalue weighted by Crippen LogP contribution is -2.13. The highest BCUT2D eigenvalue weighted by Gasteiger charge is 2.12. The van der Waals surface area contributed by atoms with E-state index in [-0.39, 0.29) is 6.04 Å². The molecule has 5 nitrogen and oxygen atoms in total. The number of hydrazine groups is 1. The van der Waals surface area contributed by atoms with Crippen LogP contribution in [0.5, 0.6) is 0 Å². The highest BCUT2D eigenvalue weighted by Crippen LogP contribution is 2.29. The summed E-state index contributed by atoms with van der Waals surface area (Å²) in [5.41, 5.74) is 4.98. The van der Waals surface area contributed by atoms with Crippen molar-refractivity contribution in [1.29, 1.82) is 0 Å². The molecule has 2 aromatic heterocycles. The Morgan fingerprint density at radius 3 is 2.62 bits per heavy atom. The first kappa shape index (κ1) is 13.8. The Kier molecular flexibility index (Phi) is 3.72. The number of nitrogen functional groups attached to an aromatic ring is 1. The first-order valence-corrected chi connectivity index (χ1v) is 7.60. The van der Waals surface area contributed by atoms with Gasteiger partial charge in [0.15, 0.2) is 0 Å². The molecule has 0 spiro atoms. The monoisotopic (exact) mass is 299 g/mol. The van der Waals surface area contributed by atoms with E-state index < -0.39 is 0 Å². The van der Waals surface area contributed by atoms with Gasteiger partial charge in [-0.25, -0.2) is 10.8 Å². The van der Waals surface area contributed by atoms with Crippen LogP contribution in [-0.2, 0) is 0 Å². The molecule has 1 aromatic carbocycles. The van der Waals surface area contributed by atoms with Crippen LogP contribution in [-0.4, -0.2) is 9.97 Å². The van der Waals surface area contributed by atoms with Crippen LogP contribution in [0.3, 0.4) is 0 Å². The summed E-state index contributed by atoms with van der Waals surface area (Å²) in [6, 6.07) is 10.6. The third-order valence-electron chi connectivity index (χ3n) is 3.38. The van der Waals surface area contributed by atoms with Crippen molar-refractivity contribution in [2.24, 2.45) is 5.84 Å². The van der Waals surface area contributed by atoms with Gasteiger partial charge in [-0.2, -0.15) is 4.98 Å². The van der Waals surface area contributed by atoms with Gasteiger partial charge in [0.1, 0.15) is 10.6 Å². The molecule has 1 unspecified atom stereocenters. The molecular formula is C15H17N5S. The lowest BCUT2D eigenvalue weighted by atomic mass is 10.1. The topological polar surface area (TPSA) is 75.9 Å². The van der Waals surface area contributed by atoms with Crippen LogP contribution in [0.2, 0.25) is 0 Å². The minimum Gasteiger partial charge on any atom is -0.363 e. The molecule has 3 aromatic rings. The molecule has 0 saturated heterocycles. The molecule has 0 fully saturated rings. The van der Waals surface area contributed by atoms with Crippen molar-refractivity contribution in [3.63, 3.8) is 0 Å². The van der Waals surface area contributed by atoms with E-state index in [4.69, 9.17) is 5.84 Å². The maximum absolute atomic E-state index is 5.44. The quantitative estimate of drug-likeness (QED) is 0.508. The Balaban J connectivity index is 1.93. The fourth-order valence-corrected chi connectivity index (χ4v) is 2.94. The van der Waals surface area contributed by atoms with E-state index >= 15 is 0 Å². The van der Waals surface area contributed by atoms with E-state index in [9.17, 15) is 0 Å². The minimum absolute atomic E-state index is 0.147. The van der Waals surface area contributed by atoms with Crippen LogP contribution >= 0.6 is 11.3 Å². The molecule has 4 N–H and O–H groups in total. The van der Waals surface area contributed by atoms with E-state index in [2.05, 4.69) is 58.8 Å². The molecule has 21 heavy (non-hydrogen) atoms. The Morgan fingerprint density at radius 1 is 1.14 bits per heavy atom. The number of anilines is 2. The molecule has 2 heterocycles. The average Bonchev–Trinajstić information content (AvgIpc) is 2.96. The Bertz CT molecular complexity index is 750. The summed E-state index contributed by atoms with van der Waals surface area (Å²) < 4.78 is 0. The second kappa shape index (κ2) is 5.67. The van der Waals surface area contributed by atoms with Gasteiger partial charge in [0.25, 0.3) is 0 Å².